The summed E-state index contributed by atoms with van der Waals surface area (Å²) < 4.78 is 0. The van der Waals surface area contributed by atoms with Crippen molar-refractivity contribution in [2.75, 3.05) is 26.5 Å². The number of rotatable bonds is 5. The van der Waals surface area contributed by atoms with Gasteiger partial charge in [0.1, 0.15) is 23.1 Å². The maximum absolute atomic E-state index is 12.2. The van der Waals surface area contributed by atoms with Crippen LogP contribution in [0.3, 0.4) is 0 Å². The van der Waals surface area contributed by atoms with Crippen LogP contribution in [0.25, 0.3) is 39.5 Å². The number of aromatic nitrogens is 4. The summed E-state index contributed by atoms with van der Waals surface area (Å²) in [6, 6.07) is 11.7. The Balaban J connectivity index is 1.76. The lowest BCUT2D eigenvalue weighted by Crippen LogP contribution is -2.22. The molecule has 0 aliphatic rings. The normalized spacial score (nSPS) is 11.2. The molecule has 0 saturated carbocycles. The summed E-state index contributed by atoms with van der Waals surface area (Å²) in [5.74, 6) is 0.351. The summed E-state index contributed by atoms with van der Waals surface area (Å²) in [6.45, 7) is 0. The maximum Gasteiger partial charge on any atom is 0.264 e. The molecular weight excluding hydrogens is 402 g/mol. The van der Waals surface area contributed by atoms with Crippen LogP contribution in [-0.2, 0) is 4.79 Å². The first-order valence-electron chi connectivity index (χ1n) is 9.91. The average Bonchev–Trinajstić information content (AvgIpc) is 3.25. The van der Waals surface area contributed by atoms with Crippen molar-refractivity contribution in [3.8, 4) is 28.5 Å². The molecule has 2 N–H and O–H groups in total. The fraction of sp³-hybridized carbons (Fsp3) is 0.125. The molecule has 0 aliphatic heterocycles. The molecular formula is C24H21N7O. The Kier molecular flexibility index (Phi) is 5.64. The van der Waals surface area contributed by atoms with E-state index in [-0.39, 0.29) is 11.5 Å². The Morgan fingerprint density at radius 3 is 2.78 bits per heavy atom. The van der Waals surface area contributed by atoms with Crippen LogP contribution in [0, 0.1) is 11.3 Å². The molecule has 32 heavy (non-hydrogen) atoms. The van der Waals surface area contributed by atoms with E-state index in [1.807, 2.05) is 42.6 Å². The molecule has 1 amide bonds. The summed E-state index contributed by atoms with van der Waals surface area (Å²) in [6.07, 6.45) is 8.64. The van der Waals surface area contributed by atoms with Crippen LogP contribution in [0.2, 0.25) is 0 Å². The molecule has 0 radical (unpaired) electrons. The van der Waals surface area contributed by atoms with E-state index in [1.165, 1.54) is 4.90 Å². The molecule has 8 nitrogen and oxygen atoms in total. The standard InChI is InChI=1S/C24H21N7O/c1-26-22-14-27-13-21(30-22)20-12-29-23-19(20)9-18(11-28-23)16-6-4-5-15(7-16)8-17(10-25)24(32)31(2)3/h4-9,11-14H,1-3H3,(H,26,30)(H,28,29)/b17-8+. The van der Waals surface area contributed by atoms with Crippen LogP contribution in [0.5, 0.6) is 0 Å². The number of likely N-dealkylation sites (N-methyl/N-ethyl adjacent to an activating group) is 1. The number of hydrogen-bond acceptors (Lipinski definition) is 6. The quantitative estimate of drug-likeness (QED) is 0.374. The Morgan fingerprint density at radius 1 is 1.19 bits per heavy atom. The predicted molar refractivity (Wildman–Crippen MR) is 124 cm³/mol. The van der Waals surface area contributed by atoms with E-state index in [0.717, 1.165) is 39.0 Å². The first-order valence-corrected chi connectivity index (χ1v) is 9.91. The number of amides is 1. The number of hydrogen-bond donors (Lipinski definition) is 2. The van der Waals surface area contributed by atoms with Gasteiger partial charge in [-0.05, 0) is 29.3 Å². The molecule has 0 saturated heterocycles. The summed E-state index contributed by atoms with van der Waals surface area (Å²) in [5.41, 5.74) is 5.05. The molecule has 3 heterocycles. The minimum Gasteiger partial charge on any atom is -0.372 e. The van der Waals surface area contributed by atoms with Crippen molar-refractivity contribution in [1.82, 2.24) is 24.8 Å². The average molecular weight is 423 g/mol. The predicted octanol–water partition coefficient (Wildman–Crippen LogP) is 3.72. The van der Waals surface area contributed by atoms with Crippen molar-refractivity contribution in [1.29, 1.82) is 5.26 Å². The number of anilines is 1. The molecule has 158 valence electrons. The maximum atomic E-state index is 12.2. The van der Waals surface area contributed by atoms with Gasteiger partial charge in [0.05, 0.1) is 18.1 Å². The molecule has 3 aromatic heterocycles. The van der Waals surface area contributed by atoms with Crippen molar-refractivity contribution in [3.05, 3.63) is 66.3 Å². The second-order valence-corrected chi connectivity index (χ2v) is 7.36. The number of H-pyrrole nitrogens is 1. The number of aromatic amines is 1. The van der Waals surface area contributed by atoms with Crippen molar-refractivity contribution in [2.45, 2.75) is 0 Å². The van der Waals surface area contributed by atoms with E-state index in [0.29, 0.717) is 5.82 Å². The number of fused-ring (bicyclic) bond motifs is 1. The number of benzene rings is 1. The largest absolute Gasteiger partial charge is 0.372 e. The Labute approximate surface area is 185 Å². The van der Waals surface area contributed by atoms with Crippen LogP contribution < -0.4 is 5.32 Å². The number of carbonyl (C=O) groups is 1. The van der Waals surface area contributed by atoms with E-state index in [9.17, 15) is 10.1 Å². The molecule has 0 aliphatic carbocycles. The van der Waals surface area contributed by atoms with Crippen LogP contribution in [0.15, 0.2) is 60.7 Å². The van der Waals surface area contributed by atoms with E-state index >= 15 is 0 Å². The van der Waals surface area contributed by atoms with Gasteiger partial charge in [-0.3, -0.25) is 9.78 Å². The van der Waals surface area contributed by atoms with Gasteiger partial charge in [-0.2, -0.15) is 5.26 Å². The third kappa shape index (κ3) is 4.04. The lowest BCUT2D eigenvalue weighted by atomic mass is 10.0. The van der Waals surface area contributed by atoms with Crippen LogP contribution in [-0.4, -0.2) is 51.9 Å². The van der Waals surface area contributed by atoms with E-state index < -0.39 is 0 Å². The molecule has 0 unspecified atom stereocenters. The van der Waals surface area contributed by atoms with E-state index in [4.69, 9.17) is 0 Å². The summed E-state index contributed by atoms with van der Waals surface area (Å²) in [5, 5.41) is 13.3. The molecule has 8 heteroatoms. The van der Waals surface area contributed by atoms with Crippen molar-refractivity contribution < 1.29 is 4.79 Å². The number of carbonyl (C=O) groups excluding carboxylic acids is 1. The molecule has 0 fully saturated rings. The lowest BCUT2D eigenvalue weighted by Gasteiger charge is -2.09. The van der Waals surface area contributed by atoms with Gasteiger partial charge in [-0.25, -0.2) is 9.97 Å². The Bertz CT molecular complexity index is 1380. The third-order valence-electron chi connectivity index (χ3n) is 4.99. The molecule has 4 rings (SSSR count). The lowest BCUT2D eigenvalue weighted by molar-refractivity contribution is -0.124. The van der Waals surface area contributed by atoms with Gasteiger partial charge in [0, 0.05) is 50.0 Å². The number of nitrogens with one attached hydrogen (secondary N) is 2. The fourth-order valence-electron chi connectivity index (χ4n) is 3.35. The SMILES string of the molecule is CNc1cncc(-c2c[nH]c3ncc(-c4cccc(/C=C(\C#N)C(=O)N(C)C)c4)cc23)n1. The number of nitriles is 1. The molecule has 0 atom stereocenters. The van der Waals surface area contributed by atoms with Crippen molar-refractivity contribution in [2.24, 2.45) is 0 Å². The zero-order chi connectivity index (χ0) is 22.7. The Hall–Kier alpha value is -4.51. The molecule has 0 spiro atoms. The fourth-order valence-corrected chi connectivity index (χ4v) is 3.35. The van der Waals surface area contributed by atoms with Gasteiger partial charge >= 0.3 is 0 Å². The van der Waals surface area contributed by atoms with Gasteiger partial charge in [0.2, 0.25) is 0 Å². The number of nitrogens with zero attached hydrogens (tertiary/aromatic N) is 5. The smallest absolute Gasteiger partial charge is 0.264 e. The zero-order valence-electron chi connectivity index (χ0n) is 17.9. The van der Waals surface area contributed by atoms with Crippen molar-refractivity contribution in [3.63, 3.8) is 0 Å². The first-order chi connectivity index (χ1) is 15.5. The van der Waals surface area contributed by atoms with E-state index in [2.05, 4.69) is 25.3 Å². The molecule has 1 aromatic carbocycles. The minimum atomic E-state index is -0.331. The number of pyridine rings is 1. The highest BCUT2D eigenvalue weighted by Crippen LogP contribution is 2.30. The second kappa shape index (κ2) is 8.70. The molecule has 4 aromatic rings. The van der Waals surface area contributed by atoms with Gasteiger partial charge in [0.15, 0.2) is 0 Å². The van der Waals surface area contributed by atoms with Crippen molar-refractivity contribution >= 4 is 28.8 Å². The second-order valence-electron chi connectivity index (χ2n) is 7.36. The van der Waals surface area contributed by atoms with E-state index in [1.54, 1.807) is 45.8 Å². The zero-order valence-corrected chi connectivity index (χ0v) is 17.9. The Morgan fingerprint density at radius 2 is 2.03 bits per heavy atom. The highest BCUT2D eigenvalue weighted by atomic mass is 16.2. The summed E-state index contributed by atoms with van der Waals surface area (Å²) in [7, 11) is 5.04. The van der Waals surface area contributed by atoms with Crippen LogP contribution >= 0.6 is 0 Å². The topological polar surface area (TPSA) is 111 Å². The summed E-state index contributed by atoms with van der Waals surface area (Å²) in [4.78, 5) is 30.1. The minimum absolute atomic E-state index is 0.0802. The highest BCUT2D eigenvalue weighted by molar-refractivity contribution is 6.01. The first kappa shape index (κ1) is 20.8. The highest BCUT2D eigenvalue weighted by Gasteiger charge is 2.13. The van der Waals surface area contributed by atoms with Crippen LogP contribution in [0.1, 0.15) is 5.56 Å². The van der Waals surface area contributed by atoms with Gasteiger partial charge < -0.3 is 15.2 Å². The van der Waals surface area contributed by atoms with Crippen LogP contribution in [0.4, 0.5) is 5.82 Å². The molecule has 0 bridgehead atoms. The monoisotopic (exact) mass is 423 g/mol. The third-order valence-corrected chi connectivity index (χ3v) is 4.99. The van der Waals surface area contributed by atoms with Gasteiger partial charge in [-0.1, -0.05) is 18.2 Å². The van der Waals surface area contributed by atoms with Gasteiger partial charge in [-0.15, -0.1) is 0 Å². The summed E-state index contributed by atoms with van der Waals surface area (Å²) >= 11 is 0. The van der Waals surface area contributed by atoms with Gasteiger partial charge in [0.25, 0.3) is 5.91 Å².